The molecule has 0 bridgehead atoms. The molecule has 8 nitrogen and oxygen atoms in total. The van der Waals surface area contributed by atoms with E-state index in [1.807, 2.05) is 0 Å². The molecule has 0 unspecified atom stereocenters. The lowest BCUT2D eigenvalue weighted by atomic mass is 10.2. The van der Waals surface area contributed by atoms with Crippen molar-refractivity contribution in [3.05, 3.63) is 52.8 Å². The highest BCUT2D eigenvalue weighted by atomic mass is 35.5. The fourth-order valence-corrected chi connectivity index (χ4v) is 3.74. The molecule has 1 aromatic carbocycles. The van der Waals surface area contributed by atoms with Gasteiger partial charge in [0, 0.05) is 31.9 Å². The summed E-state index contributed by atoms with van der Waals surface area (Å²) in [5, 5.41) is 3.14. The van der Waals surface area contributed by atoms with E-state index in [0.717, 1.165) is 9.87 Å². The molecule has 2 aromatic rings. The Morgan fingerprint density at radius 2 is 1.96 bits per heavy atom. The minimum absolute atomic E-state index is 0.0904. The summed E-state index contributed by atoms with van der Waals surface area (Å²) in [7, 11) is 0.0728. The van der Waals surface area contributed by atoms with Gasteiger partial charge in [-0.2, -0.15) is 4.31 Å². The number of carbonyl (C=O) groups is 2. The summed E-state index contributed by atoms with van der Waals surface area (Å²) in [5.41, 5.74) is 0.816. The topological polar surface area (TPSA) is 97.7 Å². The maximum atomic E-state index is 12.6. The predicted molar refractivity (Wildman–Crippen MR) is 99.9 cm³/mol. The molecule has 0 saturated carbocycles. The van der Waals surface area contributed by atoms with Crippen LogP contribution >= 0.6 is 11.6 Å². The molecule has 2 rings (SSSR count). The Labute approximate surface area is 162 Å². The highest BCUT2D eigenvalue weighted by Gasteiger charge is 2.26. The van der Waals surface area contributed by atoms with Crippen LogP contribution in [0.25, 0.3) is 0 Å². The van der Waals surface area contributed by atoms with Gasteiger partial charge in [-0.15, -0.1) is 0 Å². The molecule has 1 heterocycles. The molecule has 146 valence electrons. The Kier molecular flexibility index (Phi) is 6.63. The second-order valence-corrected chi connectivity index (χ2v) is 8.24. The van der Waals surface area contributed by atoms with Crippen LogP contribution in [0.3, 0.4) is 0 Å². The van der Waals surface area contributed by atoms with E-state index in [1.54, 1.807) is 24.3 Å². The summed E-state index contributed by atoms with van der Waals surface area (Å²) in [4.78, 5) is 23.6. The number of halogens is 1. The van der Waals surface area contributed by atoms with Crippen molar-refractivity contribution in [3.8, 4) is 0 Å². The number of likely N-dealkylation sites (N-methyl/N-ethyl adjacent to an activating group) is 1. The van der Waals surface area contributed by atoms with E-state index in [0.29, 0.717) is 5.02 Å². The average molecular weight is 414 g/mol. The first kappa shape index (κ1) is 20.9. The third-order valence-corrected chi connectivity index (χ3v) is 6.02. The van der Waals surface area contributed by atoms with Crippen molar-refractivity contribution >= 4 is 33.5 Å². The van der Waals surface area contributed by atoms with Crippen molar-refractivity contribution in [1.82, 2.24) is 14.2 Å². The molecular formula is C17H20ClN3O5S. The van der Waals surface area contributed by atoms with Crippen LogP contribution in [0.2, 0.25) is 5.02 Å². The van der Waals surface area contributed by atoms with E-state index in [2.05, 4.69) is 10.1 Å². The number of ether oxygens (including phenoxy) is 1. The minimum atomic E-state index is -3.95. The van der Waals surface area contributed by atoms with E-state index in [1.165, 1.54) is 38.0 Å². The van der Waals surface area contributed by atoms with E-state index in [-0.39, 0.29) is 23.7 Å². The third kappa shape index (κ3) is 4.88. The van der Waals surface area contributed by atoms with Gasteiger partial charge in [0.2, 0.25) is 15.9 Å². The molecular weight excluding hydrogens is 394 g/mol. The summed E-state index contributed by atoms with van der Waals surface area (Å²) >= 11 is 6.02. The zero-order valence-corrected chi connectivity index (χ0v) is 16.7. The van der Waals surface area contributed by atoms with Crippen molar-refractivity contribution in [1.29, 1.82) is 0 Å². The van der Waals surface area contributed by atoms with Crippen LogP contribution in [-0.2, 0) is 33.1 Å². The Balaban J connectivity index is 2.05. The molecule has 10 heteroatoms. The highest BCUT2D eigenvalue weighted by molar-refractivity contribution is 7.89. The number of benzene rings is 1. The summed E-state index contributed by atoms with van der Waals surface area (Å²) in [5.74, 6) is -1.13. The van der Waals surface area contributed by atoms with E-state index >= 15 is 0 Å². The first-order valence-corrected chi connectivity index (χ1v) is 9.69. The minimum Gasteiger partial charge on any atom is -0.464 e. The zero-order valence-electron chi connectivity index (χ0n) is 15.1. The number of nitrogens with one attached hydrogen (secondary N) is 1. The molecule has 0 spiro atoms. The van der Waals surface area contributed by atoms with Crippen molar-refractivity contribution in [2.45, 2.75) is 11.4 Å². The second kappa shape index (κ2) is 8.55. The fourth-order valence-electron chi connectivity index (χ4n) is 2.34. The van der Waals surface area contributed by atoms with Gasteiger partial charge in [0.05, 0.1) is 13.7 Å². The number of amides is 1. The molecule has 0 aliphatic rings. The lowest BCUT2D eigenvalue weighted by Crippen LogP contribution is -2.38. The number of methoxy groups -OCH3 is 1. The van der Waals surface area contributed by atoms with Crippen LogP contribution < -0.4 is 5.32 Å². The van der Waals surface area contributed by atoms with Crippen molar-refractivity contribution in [3.63, 3.8) is 0 Å². The Hall–Kier alpha value is -2.36. The summed E-state index contributed by atoms with van der Waals surface area (Å²) in [6.45, 7) is -0.195. The Morgan fingerprint density at radius 1 is 1.30 bits per heavy atom. The lowest BCUT2D eigenvalue weighted by Gasteiger charge is -2.16. The standard InChI is InChI=1S/C17H20ClN3O5S/c1-20-10-13(8-15(20)17(23)26-3)27(24,25)21(2)11-16(22)19-9-12-6-4-5-7-14(12)18/h4-8,10H,9,11H2,1-3H3,(H,19,22). The van der Waals surface area contributed by atoms with Gasteiger partial charge in [-0.25, -0.2) is 13.2 Å². The molecule has 1 aromatic heterocycles. The number of sulfonamides is 1. The van der Waals surface area contributed by atoms with Gasteiger partial charge in [0.1, 0.15) is 10.6 Å². The van der Waals surface area contributed by atoms with E-state index < -0.39 is 21.9 Å². The van der Waals surface area contributed by atoms with Crippen molar-refractivity contribution in [2.75, 3.05) is 20.7 Å². The van der Waals surface area contributed by atoms with Crippen molar-refractivity contribution in [2.24, 2.45) is 7.05 Å². The van der Waals surface area contributed by atoms with Crippen LogP contribution in [0, 0.1) is 0 Å². The average Bonchev–Trinajstić information content (AvgIpc) is 3.02. The number of esters is 1. The van der Waals surface area contributed by atoms with Crippen LogP contribution in [0.4, 0.5) is 0 Å². The number of aryl methyl sites for hydroxylation is 1. The number of carbonyl (C=O) groups excluding carboxylic acids is 2. The summed E-state index contributed by atoms with van der Waals surface area (Å²) in [6.07, 6.45) is 1.29. The van der Waals surface area contributed by atoms with Gasteiger partial charge in [0.25, 0.3) is 0 Å². The molecule has 1 N–H and O–H groups in total. The second-order valence-electron chi connectivity index (χ2n) is 5.79. The molecule has 1 amide bonds. The quantitative estimate of drug-likeness (QED) is 0.692. The van der Waals surface area contributed by atoms with E-state index in [9.17, 15) is 18.0 Å². The fraction of sp³-hybridized carbons (Fsp3) is 0.294. The molecule has 0 aliphatic heterocycles. The Morgan fingerprint density at radius 3 is 2.59 bits per heavy atom. The summed E-state index contributed by atoms with van der Waals surface area (Å²) in [6, 6.07) is 8.24. The normalized spacial score (nSPS) is 11.4. The first-order valence-electron chi connectivity index (χ1n) is 7.88. The maximum Gasteiger partial charge on any atom is 0.354 e. The third-order valence-electron chi connectivity index (χ3n) is 3.88. The van der Waals surface area contributed by atoms with Crippen LogP contribution in [-0.4, -0.2) is 49.9 Å². The van der Waals surface area contributed by atoms with Gasteiger partial charge in [-0.1, -0.05) is 29.8 Å². The molecule has 0 aliphatic carbocycles. The summed E-state index contributed by atoms with van der Waals surface area (Å²) < 4.78 is 32.1. The van der Waals surface area contributed by atoms with Gasteiger partial charge in [-0.05, 0) is 17.7 Å². The number of rotatable bonds is 7. The predicted octanol–water partition coefficient (Wildman–Crippen LogP) is 1.40. The van der Waals surface area contributed by atoms with E-state index in [4.69, 9.17) is 11.6 Å². The van der Waals surface area contributed by atoms with Crippen LogP contribution in [0.1, 0.15) is 16.1 Å². The zero-order chi connectivity index (χ0) is 20.2. The number of hydrogen-bond acceptors (Lipinski definition) is 5. The molecule has 0 saturated heterocycles. The van der Waals surface area contributed by atoms with Crippen molar-refractivity contribution < 1.29 is 22.7 Å². The number of hydrogen-bond donors (Lipinski definition) is 1. The lowest BCUT2D eigenvalue weighted by molar-refractivity contribution is -0.121. The highest BCUT2D eigenvalue weighted by Crippen LogP contribution is 2.18. The SMILES string of the molecule is COC(=O)c1cc(S(=O)(=O)N(C)CC(=O)NCc2ccccc2Cl)cn1C. The maximum absolute atomic E-state index is 12.6. The largest absolute Gasteiger partial charge is 0.464 e. The molecule has 0 fully saturated rings. The molecule has 0 atom stereocenters. The number of aromatic nitrogens is 1. The van der Waals surface area contributed by atoms with Gasteiger partial charge < -0.3 is 14.6 Å². The smallest absolute Gasteiger partial charge is 0.354 e. The first-order chi connectivity index (χ1) is 12.7. The molecule has 27 heavy (non-hydrogen) atoms. The monoisotopic (exact) mass is 413 g/mol. The van der Waals surface area contributed by atoms with Gasteiger partial charge in [0.15, 0.2) is 0 Å². The molecule has 0 radical (unpaired) electrons. The number of nitrogens with zero attached hydrogens (tertiary/aromatic N) is 2. The van der Waals surface area contributed by atoms with Crippen LogP contribution in [0.5, 0.6) is 0 Å². The van der Waals surface area contributed by atoms with Gasteiger partial charge in [-0.3, -0.25) is 4.79 Å². The van der Waals surface area contributed by atoms with Crippen LogP contribution in [0.15, 0.2) is 41.4 Å². The van der Waals surface area contributed by atoms with Gasteiger partial charge >= 0.3 is 5.97 Å². The Bertz CT molecular complexity index is 955.